The predicted molar refractivity (Wildman–Crippen MR) is 79.9 cm³/mol. The lowest BCUT2D eigenvalue weighted by Gasteiger charge is -2.35. The fraction of sp³-hybridized carbons (Fsp3) is 0.750. The van der Waals surface area contributed by atoms with Crippen LogP contribution in [0.2, 0.25) is 0 Å². The third kappa shape index (κ3) is 2.66. The minimum absolute atomic E-state index is 0.247. The highest BCUT2D eigenvalue weighted by Gasteiger charge is 2.39. The van der Waals surface area contributed by atoms with Crippen molar-refractivity contribution in [1.82, 2.24) is 9.97 Å². The summed E-state index contributed by atoms with van der Waals surface area (Å²) in [6, 6.07) is 2.10. The molecule has 4 nitrogen and oxygen atoms in total. The van der Waals surface area contributed by atoms with Crippen molar-refractivity contribution in [3.63, 3.8) is 0 Å². The lowest BCUT2D eigenvalue weighted by Crippen LogP contribution is -2.35. The highest BCUT2D eigenvalue weighted by Crippen LogP contribution is 2.43. The zero-order valence-electron chi connectivity index (χ0n) is 12.6. The van der Waals surface area contributed by atoms with E-state index in [0.717, 1.165) is 31.1 Å². The summed E-state index contributed by atoms with van der Waals surface area (Å²) >= 11 is 0. The average molecular weight is 275 g/mol. The van der Waals surface area contributed by atoms with Gasteiger partial charge in [0.2, 0.25) is 0 Å². The average Bonchev–Trinajstić information content (AvgIpc) is 3.33. The molecule has 1 heterocycles. The number of aromatic nitrogens is 2. The zero-order valence-corrected chi connectivity index (χ0v) is 12.6. The first-order valence-corrected chi connectivity index (χ1v) is 7.98. The summed E-state index contributed by atoms with van der Waals surface area (Å²) in [5.74, 6) is 2.49. The van der Waals surface area contributed by atoms with Gasteiger partial charge in [-0.1, -0.05) is 19.3 Å². The monoisotopic (exact) mass is 275 g/mol. The third-order valence-electron chi connectivity index (χ3n) is 4.49. The molecule has 0 unspecified atom stereocenters. The van der Waals surface area contributed by atoms with Gasteiger partial charge in [0.05, 0.1) is 0 Å². The van der Waals surface area contributed by atoms with Crippen molar-refractivity contribution in [1.29, 1.82) is 0 Å². The standard InChI is InChI=1S/C16H25N3O/c1-3-20-16(9-5-4-6-10-16)15-18-13(12-7-8-12)11-14(17-2)19-15/h11-12H,3-10H2,1-2H3,(H,17,18,19). The fourth-order valence-corrected chi connectivity index (χ4v) is 3.22. The Morgan fingerprint density at radius 1 is 1.25 bits per heavy atom. The molecular formula is C16H25N3O. The fourth-order valence-electron chi connectivity index (χ4n) is 3.22. The van der Waals surface area contributed by atoms with Crippen molar-refractivity contribution in [2.75, 3.05) is 19.0 Å². The normalized spacial score (nSPS) is 21.7. The van der Waals surface area contributed by atoms with Crippen molar-refractivity contribution in [3.05, 3.63) is 17.6 Å². The molecule has 2 saturated carbocycles. The van der Waals surface area contributed by atoms with Gasteiger partial charge in [0.1, 0.15) is 11.4 Å². The van der Waals surface area contributed by atoms with Crippen LogP contribution in [-0.4, -0.2) is 23.6 Å². The summed E-state index contributed by atoms with van der Waals surface area (Å²) in [6.45, 7) is 2.80. The first-order chi connectivity index (χ1) is 9.77. The van der Waals surface area contributed by atoms with E-state index in [0.29, 0.717) is 5.92 Å². The number of nitrogens with zero attached hydrogens (tertiary/aromatic N) is 2. The van der Waals surface area contributed by atoms with Gasteiger partial charge in [-0.25, -0.2) is 9.97 Å². The second kappa shape index (κ2) is 5.68. The molecule has 0 saturated heterocycles. The number of rotatable bonds is 5. The Kier molecular flexibility index (Phi) is 3.92. The minimum Gasteiger partial charge on any atom is -0.373 e. The molecule has 110 valence electrons. The Morgan fingerprint density at radius 2 is 2.00 bits per heavy atom. The van der Waals surface area contributed by atoms with Crippen LogP contribution < -0.4 is 5.32 Å². The number of anilines is 1. The van der Waals surface area contributed by atoms with Crippen LogP contribution in [0.3, 0.4) is 0 Å². The van der Waals surface area contributed by atoms with Crippen LogP contribution in [-0.2, 0) is 10.3 Å². The van der Waals surface area contributed by atoms with Gasteiger partial charge in [-0.3, -0.25) is 0 Å². The van der Waals surface area contributed by atoms with Gasteiger partial charge >= 0.3 is 0 Å². The van der Waals surface area contributed by atoms with Crippen molar-refractivity contribution >= 4 is 5.82 Å². The van der Waals surface area contributed by atoms with Crippen LogP contribution in [0.15, 0.2) is 6.07 Å². The molecule has 1 aromatic heterocycles. The SMILES string of the molecule is CCOC1(c2nc(NC)cc(C3CC3)n2)CCCCC1. The quantitative estimate of drug-likeness (QED) is 0.892. The van der Waals surface area contributed by atoms with Crippen molar-refractivity contribution in [3.8, 4) is 0 Å². The van der Waals surface area contributed by atoms with Crippen LogP contribution in [0.25, 0.3) is 0 Å². The highest BCUT2D eigenvalue weighted by molar-refractivity contribution is 5.38. The van der Waals surface area contributed by atoms with E-state index in [1.54, 1.807) is 0 Å². The molecule has 0 amide bonds. The molecule has 0 bridgehead atoms. The summed E-state index contributed by atoms with van der Waals surface area (Å²) in [6.07, 6.45) is 8.37. The van der Waals surface area contributed by atoms with E-state index in [2.05, 4.69) is 18.3 Å². The first kappa shape index (κ1) is 13.8. The van der Waals surface area contributed by atoms with E-state index >= 15 is 0 Å². The Hall–Kier alpha value is -1.16. The van der Waals surface area contributed by atoms with Gasteiger partial charge in [-0.2, -0.15) is 0 Å². The van der Waals surface area contributed by atoms with Gasteiger partial charge in [-0.15, -0.1) is 0 Å². The van der Waals surface area contributed by atoms with Gasteiger partial charge < -0.3 is 10.1 Å². The molecule has 0 aliphatic heterocycles. The molecule has 20 heavy (non-hydrogen) atoms. The van der Waals surface area contributed by atoms with Gasteiger partial charge in [0.25, 0.3) is 0 Å². The molecule has 0 aromatic carbocycles. The molecular weight excluding hydrogens is 250 g/mol. The summed E-state index contributed by atoms with van der Waals surface area (Å²) in [5.41, 5.74) is 0.952. The van der Waals surface area contributed by atoms with Gasteiger partial charge in [0, 0.05) is 31.3 Å². The maximum absolute atomic E-state index is 6.16. The molecule has 4 heteroatoms. The molecule has 3 rings (SSSR count). The number of hydrogen-bond acceptors (Lipinski definition) is 4. The summed E-state index contributed by atoms with van der Waals surface area (Å²) in [7, 11) is 1.93. The molecule has 0 atom stereocenters. The smallest absolute Gasteiger partial charge is 0.162 e. The predicted octanol–water partition coefficient (Wildman–Crippen LogP) is 3.59. The van der Waals surface area contributed by atoms with Crippen LogP contribution in [0.4, 0.5) is 5.82 Å². The maximum Gasteiger partial charge on any atom is 0.162 e. The lowest BCUT2D eigenvalue weighted by molar-refractivity contribution is -0.0767. The Balaban J connectivity index is 1.98. The number of nitrogens with one attached hydrogen (secondary N) is 1. The highest BCUT2D eigenvalue weighted by atomic mass is 16.5. The Labute approximate surface area is 121 Å². The van der Waals surface area contributed by atoms with Crippen LogP contribution in [0, 0.1) is 0 Å². The van der Waals surface area contributed by atoms with Gasteiger partial charge in [0.15, 0.2) is 5.82 Å². The maximum atomic E-state index is 6.16. The molecule has 1 N–H and O–H groups in total. The van der Waals surface area contributed by atoms with E-state index in [1.807, 2.05) is 7.05 Å². The molecule has 2 aliphatic carbocycles. The Bertz CT molecular complexity index is 459. The molecule has 0 radical (unpaired) electrons. The van der Waals surface area contributed by atoms with Crippen molar-refractivity contribution in [2.45, 2.75) is 63.4 Å². The Morgan fingerprint density at radius 3 is 2.60 bits per heavy atom. The van der Waals surface area contributed by atoms with E-state index in [9.17, 15) is 0 Å². The summed E-state index contributed by atoms with van der Waals surface area (Å²) in [5, 5.41) is 3.18. The molecule has 0 spiro atoms. The number of ether oxygens (including phenoxy) is 1. The summed E-state index contributed by atoms with van der Waals surface area (Å²) in [4.78, 5) is 9.61. The zero-order chi connectivity index (χ0) is 14.0. The third-order valence-corrected chi connectivity index (χ3v) is 4.49. The van der Waals surface area contributed by atoms with Crippen LogP contribution >= 0.6 is 0 Å². The molecule has 1 aromatic rings. The lowest BCUT2D eigenvalue weighted by atomic mass is 9.83. The van der Waals surface area contributed by atoms with Crippen LogP contribution in [0.5, 0.6) is 0 Å². The van der Waals surface area contributed by atoms with E-state index in [1.165, 1.54) is 37.8 Å². The number of hydrogen-bond donors (Lipinski definition) is 1. The summed E-state index contributed by atoms with van der Waals surface area (Å²) < 4.78 is 6.16. The largest absolute Gasteiger partial charge is 0.373 e. The van der Waals surface area contributed by atoms with Crippen molar-refractivity contribution in [2.24, 2.45) is 0 Å². The second-order valence-electron chi connectivity index (χ2n) is 6.01. The molecule has 2 fully saturated rings. The van der Waals surface area contributed by atoms with Gasteiger partial charge in [-0.05, 0) is 32.6 Å². The minimum atomic E-state index is -0.247. The first-order valence-electron chi connectivity index (χ1n) is 7.98. The van der Waals surface area contributed by atoms with Crippen molar-refractivity contribution < 1.29 is 4.74 Å². The van der Waals surface area contributed by atoms with E-state index in [-0.39, 0.29) is 5.60 Å². The topological polar surface area (TPSA) is 47.0 Å². The van der Waals surface area contributed by atoms with Crippen LogP contribution in [0.1, 0.15) is 69.3 Å². The van der Waals surface area contributed by atoms with E-state index < -0.39 is 0 Å². The second-order valence-corrected chi connectivity index (χ2v) is 6.01. The molecule has 2 aliphatic rings. The van der Waals surface area contributed by atoms with E-state index in [4.69, 9.17) is 14.7 Å².